The van der Waals surface area contributed by atoms with Gasteiger partial charge in [0.15, 0.2) is 23.1 Å². The summed E-state index contributed by atoms with van der Waals surface area (Å²) in [5, 5.41) is 0.0131. The Morgan fingerprint density at radius 3 is 2.58 bits per heavy atom. The smallest absolute Gasteiger partial charge is 0.230 e. The van der Waals surface area contributed by atoms with E-state index in [0.717, 1.165) is 29.7 Å². The fraction of sp³-hybridized carbons (Fsp3) is 0.214. The number of halogens is 3. The van der Waals surface area contributed by atoms with Crippen LogP contribution in [0.5, 0.6) is 11.5 Å². The zero-order chi connectivity index (χ0) is 17.9. The number of sulfonamides is 1. The molecule has 10 heteroatoms. The summed E-state index contributed by atoms with van der Waals surface area (Å²) in [6, 6.07) is 3.97. The van der Waals surface area contributed by atoms with Crippen molar-refractivity contribution in [3.63, 3.8) is 0 Å². The van der Waals surface area contributed by atoms with Crippen LogP contribution in [0.1, 0.15) is 16.1 Å². The molecule has 0 spiro atoms. The van der Waals surface area contributed by atoms with Crippen molar-refractivity contribution in [1.82, 2.24) is 0 Å². The summed E-state index contributed by atoms with van der Waals surface area (Å²) in [6.07, 6.45) is 0.986. The van der Waals surface area contributed by atoms with Crippen molar-refractivity contribution in [2.75, 3.05) is 16.9 Å². The molecule has 0 saturated heterocycles. The first-order valence-electron chi connectivity index (χ1n) is 6.53. The van der Waals surface area contributed by atoms with E-state index in [1.54, 1.807) is 0 Å². The van der Waals surface area contributed by atoms with E-state index < -0.39 is 21.7 Å². The molecule has 1 heterocycles. The van der Waals surface area contributed by atoms with Crippen LogP contribution in [0.15, 0.2) is 24.3 Å². The van der Waals surface area contributed by atoms with Gasteiger partial charge in [-0.25, -0.2) is 17.2 Å². The topological polar surface area (TPSA) is 72.5 Å². The Kier molecular flexibility index (Phi) is 5.79. The molecule has 0 fully saturated rings. The van der Waals surface area contributed by atoms with Crippen molar-refractivity contribution in [2.24, 2.45) is 0 Å². The predicted octanol–water partition coefficient (Wildman–Crippen LogP) is 4.00. The first-order chi connectivity index (χ1) is 11.2. The van der Waals surface area contributed by atoms with Crippen LogP contribution in [0.2, 0.25) is 0 Å². The van der Waals surface area contributed by atoms with Crippen molar-refractivity contribution in [3.05, 3.63) is 40.8 Å². The van der Waals surface area contributed by atoms with E-state index in [2.05, 4.69) is 4.72 Å². The van der Waals surface area contributed by atoms with Crippen LogP contribution in [0.4, 0.5) is 13.8 Å². The Bertz CT molecular complexity index is 868. The number of ether oxygens (including phenoxy) is 1. The van der Waals surface area contributed by atoms with Crippen LogP contribution < -0.4 is 9.46 Å². The quantitative estimate of drug-likeness (QED) is 0.568. The zero-order valence-electron chi connectivity index (χ0n) is 12.3. The number of carbonyl (C=O) groups excluding carboxylic acids is 1. The van der Waals surface area contributed by atoms with Crippen LogP contribution in [0, 0.1) is 11.6 Å². The fourth-order valence-corrected chi connectivity index (χ4v) is 3.75. The highest BCUT2D eigenvalue weighted by Crippen LogP contribution is 2.39. The summed E-state index contributed by atoms with van der Waals surface area (Å²) in [4.78, 5) is 12.1. The molecule has 1 aromatic carbocycles. The number of anilines is 1. The molecule has 0 unspecified atom stereocenters. The molecular weight excluding hydrogens is 384 g/mol. The number of hydrogen-bond acceptors (Lipinski definition) is 5. The second-order valence-corrected chi connectivity index (χ2v) is 7.90. The monoisotopic (exact) mass is 395 g/mol. The Morgan fingerprint density at radius 1 is 1.29 bits per heavy atom. The van der Waals surface area contributed by atoms with Gasteiger partial charge in [-0.15, -0.1) is 22.9 Å². The number of carbonyl (C=O) groups is 1. The Hall–Kier alpha value is -1.71. The first-order valence-corrected chi connectivity index (χ1v) is 9.77. The van der Waals surface area contributed by atoms with Crippen molar-refractivity contribution < 1.29 is 26.7 Å². The standard InChI is InChI=1S/C14H12ClF2NO4S2/c1-24(20,21)18-14-12(7-13(23-14)10(19)4-5-15)22-11-3-2-8(16)6-9(11)17/h2-3,6-7,18H,4-5H2,1H3. The van der Waals surface area contributed by atoms with Gasteiger partial charge in [-0.2, -0.15) is 0 Å². The van der Waals surface area contributed by atoms with Crippen LogP contribution in [0.3, 0.4) is 0 Å². The van der Waals surface area contributed by atoms with Gasteiger partial charge >= 0.3 is 0 Å². The van der Waals surface area contributed by atoms with E-state index in [4.69, 9.17) is 16.3 Å². The van der Waals surface area contributed by atoms with Crippen LogP contribution in [-0.2, 0) is 10.0 Å². The van der Waals surface area contributed by atoms with Gasteiger partial charge in [-0.05, 0) is 12.1 Å². The van der Waals surface area contributed by atoms with Gasteiger partial charge in [0.05, 0.1) is 11.1 Å². The highest BCUT2D eigenvalue weighted by Gasteiger charge is 2.19. The van der Waals surface area contributed by atoms with Crippen molar-refractivity contribution in [3.8, 4) is 11.5 Å². The molecule has 0 aliphatic carbocycles. The van der Waals surface area contributed by atoms with Gasteiger partial charge in [0.25, 0.3) is 0 Å². The average Bonchev–Trinajstić information content (AvgIpc) is 2.83. The van der Waals surface area contributed by atoms with E-state index in [0.29, 0.717) is 6.07 Å². The molecular formula is C14H12ClF2NO4S2. The molecule has 5 nitrogen and oxygen atoms in total. The third kappa shape index (κ3) is 4.89. The molecule has 2 aromatic rings. The highest BCUT2D eigenvalue weighted by molar-refractivity contribution is 7.92. The summed E-state index contributed by atoms with van der Waals surface area (Å²) in [5.74, 6) is -2.30. The van der Waals surface area contributed by atoms with Gasteiger partial charge in [-0.3, -0.25) is 9.52 Å². The molecule has 130 valence electrons. The maximum Gasteiger partial charge on any atom is 0.230 e. The molecule has 0 atom stereocenters. The predicted molar refractivity (Wildman–Crippen MR) is 88.9 cm³/mol. The third-order valence-electron chi connectivity index (χ3n) is 2.69. The lowest BCUT2D eigenvalue weighted by molar-refractivity contribution is 0.0993. The molecule has 0 saturated carbocycles. The number of Topliss-reactive ketones (excluding diaryl/α,β-unsaturated/α-hetero) is 1. The fourth-order valence-electron chi connectivity index (χ4n) is 1.71. The molecule has 0 bridgehead atoms. The van der Waals surface area contributed by atoms with Gasteiger partial charge < -0.3 is 4.74 Å². The molecule has 0 amide bonds. The van der Waals surface area contributed by atoms with E-state index in [1.807, 2.05) is 0 Å². The summed E-state index contributed by atoms with van der Waals surface area (Å²) in [5.41, 5.74) is 0. The normalized spacial score (nSPS) is 11.3. The van der Waals surface area contributed by atoms with E-state index in [1.165, 1.54) is 6.07 Å². The second-order valence-electron chi connectivity index (χ2n) is 4.72. The lowest BCUT2D eigenvalue weighted by Crippen LogP contribution is -2.08. The Labute approximate surface area is 146 Å². The van der Waals surface area contributed by atoms with E-state index in [9.17, 15) is 22.0 Å². The number of rotatable bonds is 7. The van der Waals surface area contributed by atoms with Gasteiger partial charge in [0.2, 0.25) is 10.0 Å². The zero-order valence-corrected chi connectivity index (χ0v) is 14.7. The van der Waals surface area contributed by atoms with E-state index in [-0.39, 0.29) is 39.5 Å². The maximum atomic E-state index is 13.7. The average molecular weight is 396 g/mol. The number of nitrogens with one attached hydrogen (secondary N) is 1. The van der Waals surface area contributed by atoms with Crippen molar-refractivity contribution >= 4 is 43.7 Å². The second kappa shape index (κ2) is 7.45. The number of alkyl halides is 1. The number of benzene rings is 1. The summed E-state index contributed by atoms with van der Waals surface area (Å²) < 4.78 is 57.0. The molecule has 1 N–H and O–H groups in total. The minimum Gasteiger partial charge on any atom is -0.451 e. The molecule has 0 aliphatic rings. The lowest BCUT2D eigenvalue weighted by Gasteiger charge is -2.08. The molecule has 0 aliphatic heterocycles. The number of hydrogen-bond donors (Lipinski definition) is 1. The van der Waals surface area contributed by atoms with Gasteiger partial charge in [-0.1, -0.05) is 0 Å². The van der Waals surface area contributed by atoms with Gasteiger partial charge in [0.1, 0.15) is 10.8 Å². The number of ketones is 1. The SMILES string of the molecule is CS(=O)(=O)Nc1sc(C(=O)CCCl)cc1Oc1ccc(F)cc1F. The summed E-state index contributed by atoms with van der Waals surface area (Å²) >= 11 is 6.36. The van der Waals surface area contributed by atoms with E-state index >= 15 is 0 Å². The minimum absolute atomic E-state index is 0.0131. The highest BCUT2D eigenvalue weighted by atomic mass is 35.5. The van der Waals surface area contributed by atoms with Crippen LogP contribution >= 0.6 is 22.9 Å². The number of thiophene rings is 1. The Morgan fingerprint density at radius 2 is 2.00 bits per heavy atom. The van der Waals surface area contributed by atoms with Crippen LogP contribution in [-0.4, -0.2) is 26.3 Å². The first kappa shape index (κ1) is 18.6. The van der Waals surface area contributed by atoms with Crippen LogP contribution in [0.25, 0.3) is 0 Å². The third-order valence-corrected chi connectivity index (χ3v) is 4.65. The minimum atomic E-state index is -3.64. The summed E-state index contributed by atoms with van der Waals surface area (Å²) in [6.45, 7) is 0. The molecule has 0 radical (unpaired) electrons. The van der Waals surface area contributed by atoms with Crippen molar-refractivity contribution in [1.29, 1.82) is 0 Å². The Balaban J connectivity index is 2.40. The molecule has 2 rings (SSSR count). The maximum absolute atomic E-state index is 13.7. The molecule has 1 aromatic heterocycles. The largest absolute Gasteiger partial charge is 0.451 e. The van der Waals surface area contributed by atoms with Crippen molar-refractivity contribution in [2.45, 2.75) is 6.42 Å². The molecule has 24 heavy (non-hydrogen) atoms. The van der Waals surface area contributed by atoms with Gasteiger partial charge in [0, 0.05) is 24.4 Å². The summed E-state index contributed by atoms with van der Waals surface area (Å²) in [7, 11) is -3.64. The lowest BCUT2D eigenvalue weighted by atomic mass is 10.2.